The van der Waals surface area contributed by atoms with Gasteiger partial charge in [-0.15, -0.1) is 11.3 Å². The van der Waals surface area contributed by atoms with Crippen LogP contribution in [0.2, 0.25) is 0 Å². The van der Waals surface area contributed by atoms with Gasteiger partial charge in [-0.2, -0.15) is 0 Å². The van der Waals surface area contributed by atoms with E-state index in [2.05, 4.69) is 0 Å². The molecule has 0 amide bonds. The lowest BCUT2D eigenvalue weighted by atomic mass is 9.99. The van der Waals surface area contributed by atoms with Crippen molar-refractivity contribution in [3.8, 4) is 11.5 Å². The number of ether oxygens (including phenoxy) is 2. The highest BCUT2D eigenvalue weighted by Gasteiger charge is 2.18. The highest BCUT2D eigenvalue weighted by molar-refractivity contribution is 7.14. The fourth-order valence-corrected chi connectivity index (χ4v) is 4.27. The first-order valence-electron chi connectivity index (χ1n) is 8.14. The number of thiophene rings is 1. The highest BCUT2D eigenvalue weighted by atomic mass is 32.1. The summed E-state index contributed by atoms with van der Waals surface area (Å²) in [7, 11) is 1.64. The predicted octanol–water partition coefficient (Wildman–Crippen LogP) is 5.01. The molecule has 0 radical (unpaired) electrons. The SMILES string of the molecule is COc1ccc2ccc(OC(=O)c3cc4c(s3)CCCC4)cc2c1. The van der Waals surface area contributed by atoms with Gasteiger partial charge < -0.3 is 9.47 Å². The van der Waals surface area contributed by atoms with E-state index < -0.39 is 0 Å². The Morgan fingerprint density at radius 2 is 1.71 bits per heavy atom. The van der Waals surface area contributed by atoms with Crippen molar-refractivity contribution in [2.45, 2.75) is 25.7 Å². The molecule has 0 fully saturated rings. The number of aryl methyl sites for hydroxylation is 2. The van der Waals surface area contributed by atoms with Gasteiger partial charge in [0.1, 0.15) is 16.4 Å². The Morgan fingerprint density at radius 3 is 2.50 bits per heavy atom. The number of carbonyl (C=O) groups is 1. The smallest absolute Gasteiger partial charge is 0.353 e. The molecule has 1 heterocycles. The van der Waals surface area contributed by atoms with Crippen LogP contribution in [0, 0.1) is 0 Å². The maximum absolute atomic E-state index is 12.5. The fourth-order valence-electron chi connectivity index (χ4n) is 3.14. The van der Waals surface area contributed by atoms with Crippen LogP contribution in [-0.2, 0) is 12.8 Å². The van der Waals surface area contributed by atoms with Crippen LogP contribution >= 0.6 is 11.3 Å². The van der Waals surface area contributed by atoms with Gasteiger partial charge in [-0.25, -0.2) is 4.79 Å². The minimum Gasteiger partial charge on any atom is -0.497 e. The molecule has 3 nitrogen and oxygen atoms in total. The van der Waals surface area contributed by atoms with Crippen molar-refractivity contribution in [2.75, 3.05) is 7.11 Å². The summed E-state index contributed by atoms with van der Waals surface area (Å²) in [4.78, 5) is 14.5. The van der Waals surface area contributed by atoms with Crippen molar-refractivity contribution in [1.82, 2.24) is 0 Å². The van der Waals surface area contributed by atoms with Crippen LogP contribution in [0.1, 0.15) is 33.0 Å². The summed E-state index contributed by atoms with van der Waals surface area (Å²) in [6.07, 6.45) is 4.59. The van der Waals surface area contributed by atoms with Gasteiger partial charge in [-0.3, -0.25) is 0 Å². The lowest BCUT2D eigenvalue weighted by Gasteiger charge is -2.08. The van der Waals surface area contributed by atoms with E-state index in [4.69, 9.17) is 9.47 Å². The molecule has 2 aromatic carbocycles. The molecule has 0 saturated carbocycles. The van der Waals surface area contributed by atoms with Crippen LogP contribution in [0.5, 0.6) is 11.5 Å². The van der Waals surface area contributed by atoms with Crippen LogP contribution in [0.3, 0.4) is 0 Å². The Balaban J connectivity index is 1.58. The van der Waals surface area contributed by atoms with Gasteiger partial charge in [0.15, 0.2) is 0 Å². The third-order valence-corrected chi connectivity index (χ3v) is 5.64. The van der Waals surface area contributed by atoms with E-state index in [1.54, 1.807) is 18.4 Å². The lowest BCUT2D eigenvalue weighted by Crippen LogP contribution is -2.06. The fraction of sp³-hybridized carbons (Fsp3) is 0.250. The molecule has 1 aliphatic carbocycles. The van der Waals surface area contributed by atoms with Crippen molar-refractivity contribution >= 4 is 28.1 Å². The second-order valence-electron chi connectivity index (χ2n) is 6.03. The summed E-state index contributed by atoms with van der Waals surface area (Å²) < 4.78 is 10.8. The van der Waals surface area contributed by atoms with Crippen molar-refractivity contribution in [3.05, 3.63) is 57.8 Å². The van der Waals surface area contributed by atoms with Gasteiger partial charge in [-0.1, -0.05) is 12.1 Å². The van der Waals surface area contributed by atoms with E-state index in [1.165, 1.54) is 23.3 Å². The highest BCUT2D eigenvalue weighted by Crippen LogP contribution is 2.31. The Kier molecular flexibility index (Phi) is 3.98. The normalized spacial score (nSPS) is 13.5. The molecule has 122 valence electrons. The zero-order chi connectivity index (χ0) is 16.5. The Hall–Kier alpha value is -2.33. The number of benzene rings is 2. The Morgan fingerprint density at radius 1 is 0.958 bits per heavy atom. The van der Waals surface area contributed by atoms with E-state index >= 15 is 0 Å². The minimum atomic E-state index is -0.267. The summed E-state index contributed by atoms with van der Waals surface area (Å²) in [5.74, 6) is 1.08. The summed E-state index contributed by atoms with van der Waals surface area (Å²) >= 11 is 1.58. The van der Waals surface area contributed by atoms with Crippen molar-refractivity contribution in [3.63, 3.8) is 0 Å². The summed E-state index contributed by atoms with van der Waals surface area (Å²) in [6.45, 7) is 0. The van der Waals surface area contributed by atoms with Gasteiger partial charge in [-0.05, 0) is 72.4 Å². The maximum Gasteiger partial charge on any atom is 0.353 e. The number of esters is 1. The number of fused-ring (bicyclic) bond motifs is 2. The van der Waals surface area contributed by atoms with Gasteiger partial charge >= 0.3 is 5.97 Å². The van der Waals surface area contributed by atoms with Crippen LogP contribution < -0.4 is 9.47 Å². The number of rotatable bonds is 3. The second kappa shape index (κ2) is 6.29. The molecule has 0 unspecified atom stereocenters. The van der Waals surface area contributed by atoms with Gasteiger partial charge in [0.2, 0.25) is 0 Å². The first-order valence-corrected chi connectivity index (χ1v) is 8.96. The molecule has 0 aliphatic heterocycles. The van der Waals surface area contributed by atoms with Crippen molar-refractivity contribution in [1.29, 1.82) is 0 Å². The molecule has 1 aromatic heterocycles. The predicted molar refractivity (Wildman–Crippen MR) is 96.4 cm³/mol. The maximum atomic E-state index is 12.5. The molecule has 3 aromatic rings. The first kappa shape index (κ1) is 15.2. The number of methoxy groups -OCH3 is 1. The number of carbonyl (C=O) groups excluding carboxylic acids is 1. The van der Waals surface area contributed by atoms with Crippen molar-refractivity contribution in [2.24, 2.45) is 0 Å². The summed E-state index contributed by atoms with van der Waals surface area (Å²) in [6, 6.07) is 13.5. The zero-order valence-electron chi connectivity index (χ0n) is 13.5. The third-order valence-electron chi connectivity index (χ3n) is 4.43. The van der Waals surface area contributed by atoms with E-state index in [9.17, 15) is 4.79 Å². The molecule has 24 heavy (non-hydrogen) atoms. The third kappa shape index (κ3) is 2.89. The largest absolute Gasteiger partial charge is 0.497 e. The molecular formula is C20H18O3S. The number of hydrogen-bond acceptors (Lipinski definition) is 4. The monoisotopic (exact) mass is 338 g/mol. The van der Waals surface area contributed by atoms with Crippen LogP contribution in [0.25, 0.3) is 10.8 Å². The van der Waals surface area contributed by atoms with Gasteiger partial charge in [0, 0.05) is 4.88 Å². The van der Waals surface area contributed by atoms with E-state index in [-0.39, 0.29) is 5.97 Å². The first-order chi connectivity index (χ1) is 11.7. The Labute approximate surface area is 144 Å². The van der Waals surface area contributed by atoms with Crippen LogP contribution in [-0.4, -0.2) is 13.1 Å². The van der Waals surface area contributed by atoms with Crippen LogP contribution in [0.4, 0.5) is 0 Å². The molecule has 0 spiro atoms. The average Bonchev–Trinajstić information content (AvgIpc) is 3.05. The molecular weight excluding hydrogens is 320 g/mol. The second-order valence-corrected chi connectivity index (χ2v) is 7.17. The van der Waals surface area contributed by atoms with Gasteiger partial charge in [0.25, 0.3) is 0 Å². The molecule has 1 aliphatic rings. The van der Waals surface area contributed by atoms with E-state index in [0.29, 0.717) is 10.6 Å². The summed E-state index contributed by atoms with van der Waals surface area (Å²) in [5.41, 5.74) is 1.32. The molecule has 0 saturated heterocycles. The van der Waals surface area contributed by atoms with Crippen LogP contribution in [0.15, 0.2) is 42.5 Å². The zero-order valence-corrected chi connectivity index (χ0v) is 14.3. The molecule has 4 heteroatoms. The quantitative estimate of drug-likeness (QED) is 0.497. The standard InChI is InChI=1S/C20H18O3S/c1-22-16-8-6-13-7-9-17(11-15(13)10-16)23-20(21)19-12-14-4-2-3-5-18(14)24-19/h6-12H,2-5H2,1H3. The van der Waals surface area contributed by atoms with Crippen molar-refractivity contribution < 1.29 is 14.3 Å². The Bertz CT molecular complexity index is 887. The lowest BCUT2D eigenvalue weighted by molar-refractivity contribution is 0.0740. The van der Waals surface area contributed by atoms with E-state index in [0.717, 1.165) is 29.4 Å². The number of hydrogen-bond donors (Lipinski definition) is 0. The van der Waals surface area contributed by atoms with Gasteiger partial charge in [0.05, 0.1) is 7.11 Å². The van der Waals surface area contributed by atoms with E-state index in [1.807, 2.05) is 42.5 Å². The summed E-state index contributed by atoms with van der Waals surface area (Å²) in [5, 5.41) is 2.08. The average molecular weight is 338 g/mol. The topological polar surface area (TPSA) is 35.5 Å². The molecule has 0 N–H and O–H groups in total. The molecule has 0 atom stereocenters. The molecule has 4 rings (SSSR count). The molecule has 0 bridgehead atoms. The minimum absolute atomic E-state index is 0.267.